The molecule has 1 aromatic carbocycles. The highest BCUT2D eigenvalue weighted by Gasteiger charge is 2.21. The Hall–Kier alpha value is -2.91. The summed E-state index contributed by atoms with van der Waals surface area (Å²) in [6.07, 6.45) is 1.86. The van der Waals surface area contributed by atoms with Gasteiger partial charge in [-0.1, -0.05) is 41.7 Å². The van der Waals surface area contributed by atoms with Crippen molar-refractivity contribution in [2.45, 2.75) is 13.8 Å². The monoisotopic (exact) mass is 379 g/mol. The van der Waals surface area contributed by atoms with Crippen LogP contribution >= 0.6 is 11.3 Å². The van der Waals surface area contributed by atoms with Crippen LogP contribution in [0.4, 0.5) is 5.00 Å². The third kappa shape index (κ3) is 3.51. The Balaban J connectivity index is 1.80. The van der Waals surface area contributed by atoms with Gasteiger partial charge in [-0.05, 0) is 32.1 Å². The average Bonchev–Trinajstić information content (AvgIpc) is 3.35. The van der Waals surface area contributed by atoms with E-state index in [9.17, 15) is 5.21 Å². The summed E-state index contributed by atoms with van der Waals surface area (Å²) in [5.74, 6) is 0.501. The molecule has 3 aromatic rings. The lowest BCUT2D eigenvalue weighted by molar-refractivity contribution is -0.989. The molecule has 3 heterocycles. The largest absolute Gasteiger partial charge is 0.594 e. The van der Waals surface area contributed by atoms with Gasteiger partial charge in [0.25, 0.3) is 5.96 Å². The van der Waals surface area contributed by atoms with Gasteiger partial charge in [-0.25, -0.2) is 19.9 Å². The number of hydrogen-bond donors (Lipinski definition) is 2. The standard InChI is InChI=1S/C19H17N5O2S/c1-12-10-13(2)23(22-12)19-20-16(11-15-8-9-17(27-15)24(25)26)18(21-19)14-6-4-3-5-7-14/h3-11,24-25H,1-2H3. The topological polar surface area (TPSA) is 90.3 Å². The maximum absolute atomic E-state index is 11.1. The smallest absolute Gasteiger partial charge is 0.252 e. The predicted molar refractivity (Wildman–Crippen MR) is 106 cm³/mol. The van der Waals surface area contributed by atoms with E-state index in [2.05, 4.69) is 10.1 Å². The zero-order chi connectivity index (χ0) is 19.0. The number of benzene rings is 1. The van der Waals surface area contributed by atoms with Crippen LogP contribution in [-0.2, 0) is 0 Å². The van der Waals surface area contributed by atoms with Crippen LogP contribution in [0.25, 0.3) is 6.08 Å². The lowest BCUT2D eigenvalue weighted by Gasteiger charge is -2.06. The number of aromatic nitrogens is 2. The number of quaternary nitrogens is 1. The molecular formula is C19H17N5O2S. The first-order chi connectivity index (χ1) is 13.0. The molecule has 0 bridgehead atoms. The zero-order valence-electron chi connectivity index (χ0n) is 14.7. The number of nitrogens with zero attached hydrogens (tertiary/aromatic N) is 4. The number of rotatable bonds is 3. The van der Waals surface area contributed by atoms with Gasteiger partial charge in [0, 0.05) is 22.2 Å². The van der Waals surface area contributed by atoms with Crippen molar-refractivity contribution in [3.8, 4) is 0 Å². The highest BCUT2D eigenvalue weighted by atomic mass is 32.1. The molecule has 1 aliphatic rings. The molecule has 8 heteroatoms. The van der Waals surface area contributed by atoms with Crippen molar-refractivity contribution in [3.63, 3.8) is 0 Å². The van der Waals surface area contributed by atoms with Crippen molar-refractivity contribution in [2.75, 3.05) is 0 Å². The Morgan fingerprint density at radius 1 is 1.11 bits per heavy atom. The van der Waals surface area contributed by atoms with Crippen molar-refractivity contribution >= 4 is 34.1 Å². The molecule has 4 rings (SSSR count). The van der Waals surface area contributed by atoms with E-state index in [1.54, 1.807) is 16.8 Å². The second-order valence-corrected chi connectivity index (χ2v) is 7.23. The molecule has 0 fully saturated rings. The van der Waals surface area contributed by atoms with Crippen molar-refractivity contribution in [3.05, 3.63) is 81.3 Å². The van der Waals surface area contributed by atoms with Crippen LogP contribution in [0, 0.1) is 19.1 Å². The summed E-state index contributed by atoms with van der Waals surface area (Å²) in [4.78, 5) is 10.2. The van der Waals surface area contributed by atoms with Crippen LogP contribution in [0.5, 0.6) is 0 Å². The summed E-state index contributed by atoms with van der Waals surface area (Å²) in [7, 11) is 0. The third-order valence-electron chi connectivity index (χ3n) is 4.04. The van der Waals surface area contributed by atoms with Crippen molar-refractivity contribution < 1.29 is 10.4 Å². The number of aryl methyl sites for hydroxylation is 2. The van der Waals surface area contributed by atoms with Gasteiger partial charge in [-0.2, -0.15) is 10.3 Å². The average molecular weight is 379 g/mol. The number of hydrogen-bond acceptors (Lipinski definition) is 6. The van der Waals surface area contributed by atoms with Gasteiger partial charge in [-0.15, -0.1) is 0 Å². The van der Waals surface area contributed by atoms with Gasteiger partial charge in [0.2, 0.25) is 5.00 Å². The first kappa shape index (κ1) is 17.5. The molecule has 2 aromatic heterocycles. The number of aliphatic imine (C=N–C) groups is 2. The summed E-state index contributed by atoms with van der Waals surface area (Å²) in [5, 5.41) is 24.1. The summed E-state index contributed by atoms with van der Waals surface area (Å²) in [6.45, 7) is 3.89. The lowest BCUT2D eigenvalue weighted by atomic mass is 10.1. The highest BCUT2D eigenvalue weighted by molar-refractivity contribution is 7.16. The molecule has 0 saturated heterocycles. The lowest BCUT2D eigenvalue weighted by Crippen LogP contribution is -2.98. The first-order valence-electron chi connectivity index (χ1n) is 8.33. The first-order valence-corrected chi connectivity index (χ1v) is 9.14. The Bertz CT molecular complexity index is 1080. The molecule has 0 spiro atoms. The molecule has 1 atom stereocenters. The van der Waals surface area contributed by atoms with Gasteiger partial charge in [0.05, 0.1) is 11.4 Å². The van der Waals surface area contributed by atoms with Crippen LogP contribution in [-0.4, -0.2) is 26.7 Å². The molecule has 7 nitrogen and oxygen atoms in total. The van der Waals surface area contributed by atoms with Crippen molar-refractivity contribution in [1.82, 2.24) is 9.78 Å². The van der Waals surface area contributed by atoms with E-state index in [-0.39, 0.29) is 0 Å². The summed E-state index contributed by atoms with van der Waals surface area (Å²) >= 11 is 1.21. The maximum atomic E-state index is 11.1. The Morgan fingerprint density at radius 3 is 2.52 bits per heavy atom. The highest BCUT2D eigenvalue weighted by Crippen LogP contribution is 2.25. The van der Waals surface area contributed by atoms with E-state index in [1.165, 1.54) is 11.3 Å². The molecule has 0 radical (unpaired) electrons. The molecule has 2 N–H and O–H groups in total. The van der Waals surface area contributed by atoms with E-state index < -0.39 is 5.23 Å². The van der Waals surface area contributed by atoms with Gasteiger partial charge in [0.15, 0.2) is 0 Å². The molecule has 136 valence electrons. The zero-order valence-corrected chi connectivity index (χ0v) is 15.6. The van der Waals surface area contributed by atoms with Crippen molar-refractivity contribution in [2.24, 2.45) is 9.98 Å². The second kappa shape index (κ2) is 7.01. The van der Waals surface area contributed by atoms with E-state index in [0.717, 1.165) is 27.5 Å². The van der Waals surface area contributed by atoms with E-state index in [4.69, 9.17) is 10.2 Å². The minimum Gasteiger partial charge on any atom is -0.594 e. The van der Waals surface area contributed by atoms with Crippen LogP contribution in [0.1, 0.15) is 21.8 Å². The van der Waals surface area contributed by atoms with Crippen molar-refractivity contribution in [1.29, 1.82) is 0 Å². The second-order valence-electron chi connectivity index (χ2n) is 6.11. The summed E-state index contributed by atoms with van der Waals surface area (Å²) < 4.78 is 1.72. The third-order valence-corrected chi connectivity index (χ3v) is 5.06. The number of nitrogens with one attached hydrogen (secondary N) is 1. The van der Waals surface area contributed by atoms with Gasteiger partial charge < -0.3 is 5.21 Å². The number of thiophene rings is 1. The minimum absolute atomic E-state index is 0.292. The van der Waals surface area contributed by atoms with Gasteiger partial charge in [-0.3, -0.25) is 0 Å². The molecule has 1 unspecified atom stereocenters. The predicted octanol–water partition coefficient (Wildman–Crippen LogP) is 2.71. The SMILES string of the molecule is Cc1cc(C)n(C2=NC(=Cc3ccc([NH+]([O-])O)s3)C(c3ccccc3)=N2)n1. The van der Waals surface area contributed by atoms with Crippen LogP contribution in [0.3, 0.4) is 0 Å². The molecule has 1 aliphatic heterocycles. The van der Waals surface area contributed by atoms with Crippen LogP contribution < -0.4 is 5.23 Å². The maximum Gasteiger partial charge on any atom is 0.252 e. The fraction of sp³-hybridized carbons (Fsp3) is 0.105. The molecule has 0 aliphatic carbocycles. The van der Waals surface area contributed by atoms with E-state index >= 15 is 0 Å². The van der Waals surface area contributed by atoms with Gasteiger partial charge in [0.1, 0.15) is 5.71 Å². The van der Waals surface area contributed by atoms with E-state index in [0.29, 0.717) is 16.7 Å². The Labute approximate surface area is 159 Å². The Morgan fingerprint density at radius 2 is 1.89 bits per heavy atom. The molecule has 0 saturated carbocycles. The number of allylic oxidation sites excluding steroid dienone is 1. The van der Waals surface area contributed by atoms with Crippen LogP contribution in [0.15, 0.2) is 64.2 Å². The summed E-state index contributed by atoms with van der Waals surface area (Å²) in [5.41, 5.74) is 4.21. The Kier molecular flexibility index (Phi) is 4.54. The molecule has 0 amide bonds. The van der Waals surface area contributed by atoms with Crippen LogP contribution in [0.2, 0.25) is 0 Å². The van der Waals surface area contributed by atoms with E-state index in [1.807, 2.05) is 56.3 Å². The minimum atomic E-state index is -0.931. The summed E-state index contributed by atoms with van der Waals surface area (Å²) in [6, 6.07) is 15.1. The van der Waals surface area contributed by atoms with Gasteiger partial charge >= 0.3 is 0 Å². The molecule has 27 heavy (non-hydrogen) atoms. The quantitative estimate of drug-likeness (QED) is 0.686. The fourth-order valence-corrected chi connectivity index (χ4v) is 3.64. The molecular weight excluding hydrogens is 362 g/mol. The normalized spacial score (nSPS) is 16.5. The fourth-order valence-electron chi connectivity index (χ4n) is 2.86.